The summed E-state index contributed by atoms with van der Waals surface area (Å²) in [5.41, 5.74) is 6.13. The van der Waals surface area contributed by atoms with E-state index < -0.39 is 0 Å². The highest BCUT2D eigenvalue weighted by molar-refractivity contribution is 4.90. The van der Waals surface area contributed by atoms with Crippen molar-refractivity contribution in [1.29, 1.82) is 0 Å². The van der Waals surface area contributed by atoms with Crippen LogP contribution in [0.2, 0.25) is 0 Å². The Balaban J connectivity index is 3.88. The number of hydrogen-bond donors (Lipinski definition) is 2. The third-order valence-electron chi connectivity index (χ3n) is 2.25. The van der Waals surface area contributed by atoms with Gasteiger partial charge in [-0.3, -0.25) is 0 Å². The topological polar surface area (TPSA) is 38.0 Å². The first kappa shape index (κ1) is 14.7. The molecule has 0 aliphatic rings. The van der Waals surface area contributed by atoms with Gasteiger partial charge in [-0.05, 0) is 23.7 Å². The van der Waals surface area contributed by atoms with Crippen LogP contribution >= 0.6 is 0 Å². The van der Waals surface area contributed by atoms with Crippen molar-refractivity contribution >= 4 is 0 Å². The number of allylic oxidation sites excluding steroid dienone is 1. The normalized spacial score (nSPS) is 13.7. The van der Waals surface area contributed by atoms with Crippen LogP contribution < -0.4 is 11.1 Å². The number of rotatable bonds is 6. The second kappa shape index (κ2) is 6.29. The van der Waals surface area contributed by atoms with Gasteiger partial charge in [0.2, 0.25) is 0 Å². The molecule has 0 bridgehead atoms. The number of nitrogens with two attached hydrogens (primary N) is 1. The van der Waals surface area contributed by atoms with E-state index in [-0.39, 0.29) is 0 Å². The lowest BCUT2D eigenvalue weighted by Gasteiger charge is -2.31. The summed E-state index contributed by atoms with van der Waals surface area (Å²) in [4.78, 5) is 0. The van der Waals surface area contributed by atoms with E-state index in [1.807, 2.05) is 0 Å². The van der Waals surface area contributed by atoms with Gasteiger partial charge in [0.1, 0.15) is 0 Å². The molecule has 0 amide bonds. The average Bonchev–Trinajstić information content (AvgIpc) is 1.99. The first-order valence-corrected chi connectivity index (χ1v) is 5.83. The van der Waals surface area contributed by atoms with Crippen LogP contribution in [-0.4, -0.2) is 13.2 Å². The molecule has 0 saturated heterocycles. The van der Waals surface area contributed by atoms with E-state index in [2.05, 4.69) is 52.1 Å². The highest BCUT2D eigenvalue weighted by Crippen LogP contribution is 2.35. The van der Waals surface area contributed by atoms with Gasteiger partial charge < -0.3 is 11.1 Å². The fraction of sp³-hybridized carbons (Fsp3) is 0.846. The zero-order valence-corrected chi connectivity index (χ0v) is 11.1. The van der Waals surface area contributed by atoms with Crippen LogP contribution in [0.4, 0.5) is 0 Å². The van der Waals surface area contributed by atoms with Crippen molar-refractivity contribution in [3.8, 4) is 0 Å². The quantitative estimate of drug-likeness (QED) is 0.403. The zero-order valence-electron chi connectivity index (χ0n) is 11.1. The molecule has 0 saturated carbocycles. The van der Waals surface area contributed by atoms with Crippen LogP contribution in [0.15, 0.2) is 12.2 Å². The van der Waals surface area contributed by atoms with Crippen molar-refractivity contribution in [2.75, 3.05) is 13.2 Å². The first-order valence-electron chi connectivity index (χ1n) is 5.83. The summed E-state index contributed by atoms with van der Waals surface area (Å²) in [5, 5.41) is 3.07. The van der Waals surface area contributed by atoms with Gasteiger partial charge in [0.25, 0.3) is 0 Å². The molecule has 3 N–H and O–H groups in total. The van der Waals surface area contributed by atoms with Crippen molar-refractivity contribution in [2.45, 2.75) is 47.5 Å². The SMILES string of the molecule is CC(C)(C)CC(C)(C)CC=CCNCN. The average molecular weight is 212 g/mol. The summed E-state index contributed by atoms with van der Waals surface area (Å²) in [6, 6.07) is 0. The lowest BCUT2D eigenvalue weighted by atomic mass is 9.74. The molecular weight excluding hydrogens is 184 g/mol. The summed E-state index contributed by atoms with van der Waals surface area (Å²) in [5.74, 6) is 0. The van der Waals surface area contributed by atoms with Gasteiger partial charge >= 0.3 is 0 Å². The Hall–Kier alpha value is -0.340. The van der Waals surface area contributed by atoms with Gasteiger partial charge in [-0.1, -0.05) is 46.8 Å². The van der Waals surface area contributed by atoms with Crippen molar-refractivity contribution in [2.24, 2.45) is 16.6 Å². The molecular formula is C13H28N2. The number of nitrogens with one attached hydrogen (secondary N) is 1. The minimum absolute atomic E-state index is 0.386. The van der Waals surface area contributed by atoms with Gasteiger partial charge in [-0.25, -0.2) is 0 Å². The minimum Gasteiger partial charge on any atom is -0.318 e. The molecule has 0 aromatic carbocycles. The molecule has 0 spiro atoms. The molecule has 90 valence electrons. The van der Waals surface area contributed by atoms with Crippen LogP contribution in [-0.2, 0) is 0 Å². The second-order valence-electron chi connectivity index (χ2n) is 6.24. The number of hydrogen-bond acceptors (Lipinski definition) is 2. The van der Waals surface area contributed by atoms with Gasteiger partial charge in [-0.15, -0.1) is 0 Å². The predicted octanol–water partition coefficient (Wildman–Crippen LogP) is 2.90. The van der Waals surface area contributed by atoms with Crippen LogP contribution in [0.5, 0.6) is 0 Å². The van der Waals surface area contributed by atoms with E-state index in [1.165, 1.54) is 6.42 Å². The Morgan fingerprint density at radius 3 is 2.13 bits per heavy atom. The molecule has 15 heavy (non-hydrogen) atoms. The van der Waals surface area contributed by atoms with E-state index in [0.717, 1.165) is 13.0 Å². The molecule has 0 aliphatic heterocycles. The second-order valence-corrected chi connectivity index (χ2v) is 6.24. The predicted molar refractivity (Wildman–Crippen MR) is 68.7 cm³/mol. The summed E-state index contributed by atoms with van der Waals surface area (Å²) in [7, 11) is 0. The van der Waals surface area contributed by atoms with E-state index >= 15 is 0 Å². The molecule has 0 heterocycles. The van der Waals surface area contributed by atoms with Crippen molar-refractivity contribution in [3.05, 3.63) is 12.2 Å². The third kappa shape index (κ3) is 9.95. The van der Waals surface area contributed by atoms with Crippen LogP contribution in [0, 0.1) is 10.8 Å². The summed E-state index contributed by atoms with van der Waals surface area (Å²) in [6.45, 7) is 13.0. The Morgan fingerprint density at radius 2 is 1.67 bits per heavy atom. The van der Waals surface area contributed by atoms with Crippen molar-refractivity contribution in [3.63, 3.8) is 0 Å². The van der Waals surface area contributed by atoms with Gasteiger partial charge in [0, 0.05) is 13.2 Å². The Labute approximate surface area is 95.3 Å². The maximum absolute atomic E-state index is 5.33. The lowest BCUT2D eigenvalue weighted by molar-refractivity contribution is 0.215. The highest BCUT2D eigenvalue weighted by atomic mass is 14.9. The molecule has 0 rings (SSSR count). The molecule has 2 nitrogen and oxygen atoms in total. The molecule has 0 radical (unpaired) electrons. The smallest absolute Gasteiger partial charge is 0.0431 e. The molecule has 2 heteroatoms. The summed E-state index contributed by atoms with van der Waals surface area (Å²) < 4.78 is 0. The van der Waals surface area contributed by atoms with Gasteiger partial charge in [0.05, 0.1) is 0 Å². The molecule has 0 aliphatic carbocycles. The summed E-state index contributed by atoms with van der Waals surface area (Å²) >= 11 is 0. The van der Waals surface area contributed by atoms with Crippen LogP contribution in [0.1, 0.15) is 47.5 Å². The molecule has 0 atom stereocenters. The van der Waals surface area contributed by atoms with Crippen LogP contribution in [0.25, 0.3) is 0 Å². The summed E-state index contributed by atoms with van der Waals surface area (Å²) in [6.07, 6.45) is 6.80. The maximum Gasteiger partial charge on any atom is 0.0431 e. The molecule has 0 fully saturated rings. The van der Waals surface area contributed by atoms with E-state index in [4.69, 9.17) is 5.73 Å². The lowest BCUT2D eigenvalue weighted by Crippen LogP contribution is -2.22. The van der Waals surface area contributed by atoms with Crippen molar-refractivity contribution < 1.29 is 0 Å². The molecule has 0 aromatic rings. The van der Waals surface area contributed by atoms with E-state index in [0.29, 0.717) is 17.5 Å². The first-order chi connectivity index (χ1) is 6.77. The Kier molecular flexibility index (Phi) is 6.15. The Bertz CT molecular complexity index is 187. The van der Waals surface area contributed by atoms with Crippen molar-refractivity contribution in [1.82, 2.24) is 5.32 Å². The van der Waals surface area contributed by atoms with Crippen LogP contribution in [0.3, 0.4) is 0 Å². The Morgan fingerprint density at radius 1 is 1.07 bits per heavy atom. The third-order valence-corrected chi connectivity index (χ3v) is 2.25. The zero-order chi connectivity index (χ0) is 11.9. The standard InChI is InChI=1S/C13H28N2/c1-12(2,3)10-13(4,5)8-6-7-9-15-11-14/h6-7,15H,8-11,14H2,1-5H3. The molecule has 0 unspecified atom stereocenters. The largest absolute Gasteiger partial charge is 0.318 e. The van der Waals surface area contributed by atoms with Gasteiger partial charge in [-0.2, -0.15) is 0 Å². The minimum atomic E-state index is 0.386. The van der Waals surface area contributed by atoms with Gasteiger partial charge in [0.15, 0.2) is 0 Å². The fourth-order valence-electron chi connectivity index (χ4n) is 2.16. The maximum atomic E-state index is 5.33. The fourth-order valence-corrected chi connectivity index (χ4v) is 2.16. The monoisotopic (exact) mass is 212 g/mol. The van der Waals surface area contributed by atoms with E-state index in [1.54, 1.807) is 0 Å². The van der Waals surface area contributed by atoms with E-state index in [9.17, 15) is 0 Å². The molecule has 0 aromatic heterocycles. The highest BCUT2D eigenvalue weighted by Gasteiger charge is 2.23.